The first kappa shape index (κ1) is 19.7. The molecule has 0 radical (unpaired) electrons. The Labute approximate surface area is 163 Å². The molecule has 0 saturated carbocycles. The molecule has 2 aromatic carbocycles. The van der Waals surface area contributed by atoms with Gasteiger partial charge in [-0.15, -0.1) is 5.10 Å². The van der Waals surface area contributed by atoms with Crippen LogP contribution in [0.15, 0.2) is 65.7 Å². The van der Waals surface area contributed by atoms with E-state index in [9.17, 15) is 13.2 Å². The molecule has 28 heavy (non-hydrogen) atoms. The summed E-state index contributed by atoms with van der Waals surface area (Å²) in [5, 5.41) is 10.6. The number of hydrogen-bond acceptors (Lipinski definition) is 5. The molecule has 0 atom stereocenters. The predicted molar refractivity (Wildman–Crippen MR) is 104 cm³/mol. The second kappa shape index (κ2) is 8.32. The Morgan fingerprint density at radius 1 is 1.11 bits per heavy atom. The third kappa shape index (κ3) is 4.81. The van der Waals surface area contributed by atoms with Crippen LogP contribution < -0.4 is 10.0 Å². The molecule has 0 spiro atoms. The van der Waals surface area contributed by atoms with Gasteiger partial charge in [0.1, 0.15) is 0 Å². The number of aromatic nitrogens is 3. The van der Waals surface area contributed by atoms with Gasteiger partial charge in [0.05, 0.1) is 16.8 Å². The first-order valence-corrected chi connectivity index (χ1v) is 10.2. The normalized spacial score (nSPS) is 11.5. The number of sulfonamides is 1. The van der Waals surface area contributed by atoms with Crippen molar-refractivity contribution in [1.29, 1.82) is 0 Å². The van der Waals surface area contributed by atoms with E-state index in [1.54, 1.807) is 26.0 Å². The molecule has 0 unspecified atom stereocenters. The van der Waals surface area contributed by atoms with E-state index in [4.69, 9.17) is 0 Å². The topological polar surface area (TPSA) is 106 Å². The predicted octanol–water partition coefficient (Wildman–Crippen LogP) is 1.88. The minimum atomic E-state index is -3.59. The lowest BCUT2D eigenvalue weighted by Crippen LogP contribution is -2.30. The molecule has 9 heteroatoms. The van der Waals surface area contributed by atoms with Gasteiger partial charge in [-0.05, 0) is 43.7 Å². The van der Waals surface area contributed by atoms with Gasteiger partial charge in [0.2, 0.25) is 10.0 Å². The Morgan fingerprint density at radius 3 is 2.57 bits per heavy atom. The van der Waals surface area contributed by atoms with Crippen LogP contribution in [0.4, 0.5) is 0 Å². The average molecular weight is 399 g/mol. The monoisotopic (exact) mass is 399 g/mol. The standard InChI is InChI=1S/C19H21N5O3S/c1-14(2)22-28(26,27)17-10-6-7-15(11-17)12-20-19(25)18-13-24(23-21-18)16-8-4-3-5-9-16/h3-11,13-14,22H,12H2,1-2H3,(H,20,25). The summed E-state index contributed by atoms with van der Waals surface area (Å²) in [5.74, 6) is -0.393. The summed E-state index contributed by atoms with van der Waals surface area (Å²) < 4.78 is 28.6. The molecule has 1 heterocycles. The molecule has 0 aliphatic rings. The number of nitrogens with one attached hydrogen (secondary N) is 2. The third-order valence-electron chi connectivity index (χ3n) is 3.80. The Hall–Kier alpha value is -3.04. The van der Waals surface area contributed by atoms with Gasteiger partial charge < -0.3 is 5.32 Å². The Bertz CT molecular complexity index is 1060. The van der Waals surface area contributed by atoms with Crippen molar-refractivity contribution >= 4 is 15.9 Å². The molecule has 3 aromatic rings. The molecule has 0 fully saturated rings. The minimum absolute atomic E-state index is 0.156. The van der Waals surface area contributed by atoms with Gasteiger partial charge in [0.15, 0.2) is 5.69 Å². The van der Waals surface area contributed by atoms with Crippen LogP contribution in [0.1, 0.15) is 29.9 Å². The van der Waals surface area contributed by atoms with E-state index in [1.165, 1.54) is 23.0 Å². The van der Waals surface area contributed by atoms with Crippen molar-refractivity contribution in [1.82, 2.24) is 25.0 Å². The SMILES string of the molecule is CC(C)NS(=O)(=O)c1cccc(CNC(=O)c2cn(-c3ccccc3)nn2)c1. The van der Waals surface area contributed by atoms with Crippen LogP contribution in [0.3, 0.4) is 0 Å². The highest BCUT2D eigenvalue weighted by Crippen LogP contribution is 2.12. The largest absolute Gasteiger partial charge is 0.347 e. The third-order valence-corrected chi connectivity index (χ3v) is 5.46. The highest BCUT2D eigenvalue weighted by atomic mass is 32.2. The maximum absolute atomic E-state index is 12.3. The molecule has 0 bridgehead atoms. The summed E-state index contributed by atoms with van der Waals surface area (Å²) in [6.07, 6.45) is 1.54. The van der Waals surface area contributed by atoms with E-state index in [0.29, 0.717) is 5.56 Å². The van der Waals surface area contributed by atoms with Crippen molar-refractivity contribution in [3.8, 4) is 5.69 Å². The lowest BCUT2D eigenvalue weighted by Gasteiger charge is -2.11. The molecule has 8 nitrogen and oxygen atoms in total. The Kier molecular flexibility index (Phi) is 5.86. The number of benzene rings is 2. The fraction of sp³-hybridized carbons (Fsp3) is 0.211. The summed E-state index contributed by atoms with van der Waals surface area (Å²) in [7, 11) is -3.59. The minimum Gasteiger partial charge on any atom is -0.347 e. The van der Waals surface area contributed by atoms with Crippen LogP contribution in [0.5, 0.6) is 0 Å². The molecule has 0 saturated heterocycles. The second-order valence-corrected chi connectivity index (χ2v) is 8.20. The van der Waals surface area contributed by atoms with Gasteiger partial charge in [0.25, 0.3) is 5.91 Å². The zero-order chi connectivity index (χ0) is 20.1. The summed E-state index contributed by atoms with van der Waals surface area (Å²) >= 11 is 0. The van der Waals surface area contributed by atoms with Crippen LogP contribution in [-0.4, -0.2) is 35.4 Å². The summed E-state index contributed by atoms with van der Waals surface area (Å²) in [6.45, 7) is 3.68. The van der Waals surface area contributed by atoms with Crippen LogP contribution in [-0.2, 0) is 16.6 Å². The number of rotatable bonds is 7. The highest BCUT2D eigenvalue weighted by molar-refractivity contribution is 7.89. The summed E-state index contributed by atoms with van der Waals surface area (Å²) in [5.41, 5.74) is 1.63. The van der Waals surface area contributed by atoms with Crippen molar-refractivity contribution in [3.05, 3.63) is 72.1 Å². The van der Waals surface area contributed by atoms with Crippen LogP contribution in [0.2, 0.25) is 0 Å². The van der Waals surface area contributed by atoms with Crippen LogP contribution in [0.25, 0.3) is 5.69 Å². The maximum atomic E-state index is 12.3. The van der Waals surface area contributed by atoms with Gasteiger partial charge in [-0.3, -0.25) is 4.79 Å². The molecule has 0 aliphatic heterocycles. The molecule has 1 amide bonds. The molecule has 1 aromatic heterocycles. The number of hydrogen-bond donors (Lipinski definition) is 2. The lowest BCUT2D eigenvalue weighted by atomic mass is 10.2. The zero-order valence-electron chi connectivity index (χ0n) is 15.5. The van der Waals surface area contributed by atoms with E-state index in [1.807, 2.05) is 30.3 Å². The number of amides is 1. The zero-order valence-corrected chi connectivity index (χ0v) is 16.3. The van der Waals surface area contributed by atoms with Crippen LogP contribution >= 0.6 is 0 Å². The molecule has 3 rings (SSSR count). The Morgan fingerprint density at radius 2 is 1.86 bits per heavy atom. The highest BCUT2D eigenvalue weighted by Gasteiger charge is 2.16. The maximum Gasteiger partial charge on any atom is 0.273 e. The summed E-state index contributed by atoms with van der Waals surface area (Å²) in [4.78, 5) is 12.5. The van der Waals surface area contributed by atoms with Gasteiger partial charge in [-0.2, -0.15) is 0 Å². The van der Waals surface area contributed by atoms with E-state index in [2.05, 4.69) is 20.4 Å². The summed E-state index contributed by atoms with van der Waals surface area (Å²) in [6, 6.07) is 15.6. The molecular formula is C19H21N5O3S. The van der Waals surface area contributed by atoms with E-state index in [-0.39, 0.29) is 23.2 Å². The van der Waals surface area contributed by atoms with Gasteiger partial charge in [-0.25, -0.2) is 17.8 Å². The number of nitrogens with zero attached hydrogens (tertiary/aromatic N) is 3. The van der Waals surface area contributed by atoms with Crippen molar-refractivity contribution in [2.75, 3.05) is 0 Å². The molecule has 2 N–H and O–H groups in total. The second-order valence-electron chi connectivity index (χ2n) is 6.49. The molecule has 146 valence electrons. The first-order chi connectivity index (χ1) is 13.3. The van der Waals surface area contributed by atoms with Crippen molar-refractivity contribution in [3.63, 3.8) is 0 Å². The van der Waals surface area contributed by atoms with Crippen molar-refractivity contribution in [2.45, 2.75) is 31.3 Å². The number of para-hydroxylation sites is 1. The Balaban J connectivity index is 1.67. The average Bonchev–Trinajstić information content (AvgIpc) is 3.16. The molecule has 0 aliphatic carbocycles. The van der Waals surface area contributed by atoms with Crippen LogP contribution in [0, 0.1) is 0 Å². The quantitative estimate of drug-likeness (QED) is 0.631. The first-order valence-electron chi connectivity index (χ1n) is 8.72. The van der Waals surface area contributed by atoms with Gasteiger partial charge in [-0.1, -0.05) is 35.5 Å². The smallest absolute Gasteiger partial charge is 0.273 e. The number of carbonyl (C=O) groups excluding carboxylic acids is 1. The fourth-order valence-electron chi connectivity index (χ4n) is 2.55. The van der Waals surface area contributed by atoms with Crippen molar-refractivity contribution < 1.29 is 13.2 Å². The molecular weight excluding hydrogens is 378 g/mol. The number of carbonyl (C=O) groups is 1. The van der Waals surface area contributed by atoms with E-state index in [0.717, 1.165) is 5.69 Å². The van der Waals surface area contributed by atoms with E-state index >= 15 is 0 Å². The van der Waals surface area contributed by atoms with Crippen molar-refractivity contribution in [2.24, 2.45) is 0 Å². The van der Waals surface area contributed by atoms with Gasteiger partial charge in [0, 0.05) is 12.6 Å². The lowest BCUT2D eigenvalue weighted by molar-refractivity contribution is 0.0946. The van der Waals surface area contributed by atoms with Gasteiger partial charge >= 0.3 is 0 Å². The fourth-order valence-corrected chi connectivity index (χ4v) is 3.87. The van der Waals surface area contributed by atoms with E-state index < -0.39 is 15.9 Å².